The number of amides is 1. The average Bonchev–Trinajstić information content (AvgIpc) is 2.66. The minimum Gasteiger partial charge on any atom is -0.289 e. The maximum atomic E-state index is 12.1. The summed E-state index contributed by atoms with van der Waals surface area (Å²) in [7, 11) is -3.32. The van der Waals surface area contributed by atoms with Crippen LogP contribution in [0.25, 0.3) is 0 Å². The standard InChI is InChI=1S/C12H15BrN2O3S/c1-9-8-12(16)14-15(9)6-7-19(17,18)11-4-2-10(13)3-5-11/h2-5,9H,6-8H2,1H3,(H,14,16)/t9-/m0/s1. The molecule has 1 aromatic carbocycles. The van der Waals surface area contributed by atoms with Gasteiger partial charge in [-0.05, 0) is 31.2 Å². The van der Waals surface area contributed by atoms with Gasteiger partial charge < -0.3 is 0 Å². The number of hydrazine groups is 1. The van der Waals surface area contributed by atoms with Crippen LogP contribution in [0.1, 0.15) is 13.3 Å². The summed E-state index contributed by atoms with van der Waals surface area (Å²) >= 11 is 3.27. The summed E-state index contributed by atoms with van der Waals surface area (Å²) in [5.74, 6) is -0.0762. The van der Waals surface area contributed by atoms with Crippen molar-refractivity contribution in [3.8, 4) is 0 Å². The van der Waals surface area contributed by atoms with E-state index in [0.29, 0.717) is 17.9 Å². The van der Waals surface area contributed by atoms with Crippen LogP contribution in [-0.4, -0.2) is 37.7 Å². The maximum Gasteiger partial charge on any atom is 0.235 e. The minimum absolute atomic E-state index is 0.0146. The normalized spacial score (nSPS) is 20.5. The predicted molar refractivity (Wildman–Crippen MR) is 75.1 cm³/mol. The van der Waals surface area contributed by atoms with Gasteiger partial charge >= 0.3 is 0 Å². The molecule has 7 heteroatoms. The van der Waals surface area contributed by atoms with E-state index in [1.165, 1.54) is 0 Å². The van der Waals surface area contributed by atoms with Gasteiger partial charge in [-0.2, -0.15) is 0 Å². The Balaban J connectivity index is 2.02. The highest BCUT2D eigenvalue weighted by atomic mass is 79.9. The van der Waals surface area contributed by atoms with Gasteiger partial charge in [0.25, 0.3) is 0 Å². The molecule has 5 nitrogen and oxygen atoms in total. The molecule has 1 aromatic rings. The smallest absolute Gasteiger partial charge is 0.235 e. The van der Waals surface area contributed by atoms with Gasteiger partial charge in [0.2, 0.25) is 5.91 Å². The van der Waals surface area contributed by atoms with Crippen molar-refractivity contribution in [3.05, 3.63) is 28.7 Å². The Hall–Kier alpha value is -0.920. The third-order valence-corrected chi connectivity index (χ3v) is 5.29. The maximum absolute atomic E-state index is 12.1. The van der Waals surface area contributed by atoms with Gasteiger partial charge in [-0.1, -0.05) is 15.9 Å². The Morgan fingerprint density at radius 2 is 2.00 bits per heavy atom. The topological polar surface area (TPSA) is 66.5 Å². The van der Waals surface area contributed by atoms with E-state index in [-0.39, 0.29) is 17.7 Å². The Labute approximate surface area is 121 Å². The van der Waals surface area contributed by atoms with Crippen LogP contribution in [0.2, 0.25) is 0 Å². The largest absolute Gasteiger partial charge is 0.289 e. The molecule has 0 unspecified atom stereocenters. The van der Waals surface area contributed by atoms with E-state index in [2.05, 4.69) is 21.4 Å². The van der Waals surface area contributed by atoms with Crippen LogP contribution in [-0.2, 0) is 14.6 Å². The Bertz CT molecular complexity index is 571. The van der Waals surface area contributed by atoms with Crippen LogP contribution in [0, 0.1) is 0 Å². The van der Waals surface area contributed by atoms with E-state index < -0.39 is 9.84 Å². The molecule has 19 heavy (non-hydrogen) atoms. The van der Waals surface area contributed by atoms with Crippen LogP contribution in [0.5, 0.6) is 0 Å². The molecule has 1 heterocycles. The van der Waals surface area contributed by atoms with Crippen molar-refractivity contribution in [3.63, 3.8) is 0 Å². The van der Waals surface area contributed by atoms with Gasteiger partial charge in [0.05, 0.1) is 10.6 Å². The zero-order chi connectivity index (χ0) is 14.0. The molecule has 1 fully saturated rings. The second-order valence-corrected chi connectivity index (χ2v) is 7.58. The SMILES string of the molecule is C[C@H]1CC(=O)NN1CCS(=O)(=O)c1ccc(Br)cc1. The second-order valence-electron chi connectivity index (χ2n) is 4.55. The molecule has 1 aliphatic heterocycles. The number of carbonyl (C=O) groups excluding carboxylic acids is 1. The molecular formula is C12H15BrN2O3S. The van der Waals surface area contributed by atoms with E-state index in [1.807, 2.05) is 6.92 Å². The summed E-state index contributed by atoms with van der Waals surface area (Å²) in [6, 6.07) is 6.59. The quantitative estimate of drug-likeness (QED) is 0.893. The molecule has 1 saturated heterocycles. The van der Waals surface area contributed by atoms with Crippen molar-refractivity contribution in [2.45, 2.75) is 24.3 Å². The lowest BCUT2D eigenvalue weighted by Gasteiger charge is -2.19. The number of carbonyl (C=O) groups is 1. The molecule has 0 spiro atoms. The van der Waals surface area contributed by atoms with E-state index in [1.54, 1.807) is 29.3 Å². The highest BCUT2D eigenvalue weighted by Gasteiger charge is 2.27. The summed E-state index contributed by atoms with van der Waals surface area (Å²) < 4.78 is 25.1. The van der Waals surface area contributed by atoms with Gasteiger partial charge in [-0.25, -0.2) is 13.4 Å². The van der Waals surface area contributed by atoms with Gasteiger partial charge in [0.1, 0.15) is 0 Å². The summed E-state index contributed by atoms with van der Waals surface area (Å²) in [5, 5.41) is 1.68. The number of benzene rings is 1. The number of sulfone groups is 1. The molecule has 1 atom stereocenters. The average molecular weight is 347 g/mol. The monoisotopic (exact) mass is 346 g/mol. The number of halogens is 1. The highest BCUT2D eigenvalue weighted by molar-refractivity contribution is 9.10. The molecule has 0 aliphatic carbocycles. The molecule has 0 radical (unpaired) electrons. The molecule has 104 valence electrons. The number of nitrogens with one attached hydrogen (secondary N) is 1. The number of hydrogen-bond acceptors (Lipinski definition) is 4. The first-order valence-corrected chi connectivity index (χ1v) is 8.37. The lowest BCUT2D eigenvalue weighted by atomic mass is 10.2. The van der Waals surface area contributed by atoms with Crippen molar-refractivity contribution < 1.29 is 13.2 Å². The van der Waals surface area contributed by atoms with E-state index in [4.69, 9.17) is 0 Å². The van der Waals surface area contributed by atoms with Gasteiger partial charge in [-0.15, -0.1) is 0 Å². The molecule has 1 N–H and O–H groups in total. The lowest BCUT2D eigenvalue weighted by molar-refractivity contribution is -0.120. The third-order valence-electron chi connectivity index (χ3n) is 3.05. The molecule has 0 saturated carbocycles. The van der Waals surface area contributed by atoms with E-state index >= 15 is 0 Å². The Morgan fingerprint density at radius 3 is 2.53 bits per heavy atom. The number of nitrogens with zero attached hydrogens (tertiary/aromatic N) is 1. The first kappa shape index (κ1) is 14.5. The Kier molecular flexibility index (Phi) is 4.27. The minimum atomic E-state index is -3.32. The zero-order valence-corrected chi connectivity index (χ0v) is 12.9. The lowest BCUT2D eigenvalue weighted by Crippen LogP contribution is -2.40. The second kappa shape index (κ2) is 5.60. The van der Waals surface area contributed by atoms with Crippen LogP contribution in [0.4, 0.5) is 0 Å². The van der Waals surface area contributed by atoms with Crippen molar-refractivity contribution >= 4 is 31.7 Å². The van der Waals surface area contributed by atoms with Crippen molar-refractivity contribution in [2.24, 2.45) is 0 Å². The van der Waals surface area contributed by atoms with E-state index in [9.17, 15) is 13.2 Å². The van der Waals surface area contributed by atoms with Crippen molar-refractivity contribution in [2.75, 3.05) is 12.3 Å². The molecule has 2 rings (SSSR count). The van der Waals surface area contributed by atoms with Gasteiger partial charge in [0.15, 0.2) is 9.84 Å². The van der Waals surface area contributed by atoms with Crippen molar-refractivity contribution in [1.29, 1.82) is 0 Å². The molecule has 0 bridgehead atoms. The fraction of sp³-hybridized carbons (Fsp3) is 0.417. The van der Waals surface area contributed by atoms with Gasteiger partial charge in [0, 0.05) is 23.5 Å². The molecule has 1 aliphatic rings. The number of hydrogen-bond donors (Lipinski definition) is 1. The first-order chi connectivity index (χ1) is 8.88. The summed E-state index contributed by atoms with van der Waals surface area (Å²) in [6.45, 7) is 2.19. The zero-order valence-electron chi connectivity index (χ0n) is 10.5. The predicted octanol–water partition coefficient (Wildman–Crippen LogP) is 1.35. The van der Waals surface area contributed by atoms with Crippen LogP contribution < -0.4 is 5.43 Å². The number of rotatable bonds is 4. The Morgan fingerprint density at radius 1 is 1.37 bits per heavy atom. The third kappa shape index (κ3) is 3.55. The van der Waals surface area contributed by atoms with E-state index in [0.717, 1.165) is 4.47 Å². The molecule has 1 amide bonds. The fourth-order valence-corrected chi connectivity index (χ4v) is 3.44. The highest BCUT2D eigenvalue weighted by Crippen LogP contribution is 2.17. The summed E-state index contributed by atoms with van der Waals surface area (Å²) in [6.07, 6.45) is 0.415. The first-order valence-electron chi connectivity index (χ1n) is 5.93. The van der Waals surface area contributed by atoms with Crippen LogP contribution in [0.15, 0.2) is 33.6 Å². The summed E-state index contributed by atoms with van der Waals surface area (Å²) in [5.41, 5.74) is 2.66. The van der Waals surface area contributed by atoms with Crippen LogP contribution >= 0.6 is 15.9 Å². The molecule has 0 aromatic heterocycles. The summed E-state index contributed by atoms with van der Waals surface area (Å²) in [4.78, 5) is 11.5. The fourth-order valence-electron chi connectivity index (χ4n) is 1.95. The van der Waals surface area contributed by atoms with Gasteiger partial charge in [-0.3, -0.25) is 10.2 Å². The van der Waals surface area contributed by atoms with Crippen LogP contribution in [0.3, 0.4) is 0 Å². The molecular weight excluding hydrogens is 332 g/mol. The van der Waals surface area contributed by atoms with Crippen molar-refractivity contribution in [1.82, 2.24) is 10.4 Å².